The van der Waals surface area contributed by atoms with Crippen molar-refractivity contribution in [1.29, 1.82) is 0 Å². The maximum atomic E-state index is 5.98. The van der Waals surface area contributed by atoms with E-state index in [1.54, 1.807) is 0 Å². The zero-order chi connectivity index (χ0) is 11.5. The predicted octanol–water partition coefficient (Wildman–Crippen LogP) is 2.89. The van der Waals surface area contributed by atoms with Gasteiger partial charge in [0, 0.05) is 18.3 Å². The number of nitrogen functional groups attached to an aromatic ring is 1. The molecule has 1 fully saturated rings. The fourth-order valence-corrected chi connectivity index (χ4v) is 2.59. The zero-order valence-electron chi connectivity index (χ0n) is 10.3. The second-order valence-corrected chi connectivity index (χ2v) is 5.15. The molecule has 2 N–H and O–H groups in total. The number of benzene rings is 1. The molecule has 2 unspecified atom stereocenters. The molecule has 0 aliphatic carbocycles. The predicted molar refractivity (Wildman–Crippen MR) is 69.1 cm³/mol. The Morgan fingerprint density at radius 3 is 2.75 bits per heavy atom. The van der Waals surface area contributed by atoms with Crippen molar-refractivity contribution >= 4 is 5.69 Å². The number of likely N-dealkylation sites (tertiary alicyclic amines) is 1. The molecule has 1 aromatic carbocycles. The number of anilines is 1. The summed E-state index contributed by atoms with van der Waals surface area (Å²) in [5.41, 5.74) is 8.18. The first-order valence-electron chi connectivity index (χ1n) is 6.24. The smallest absolute Gasteiger partial charge is 0.0359 e. The lowest BCUT2D eigenvalue weighted by Gasteiger charge is -2.36. The summed E-state index contributed by atoms with van der Waals surface area (Å²) in [7, 11) is 0. The van der Waals surface area contributed by atoms with Crippen molar-refractivity contribution in [1.82, 2.24) is 4.90 Å². The number of rotatable bonds is 2. The maximum Gasteiger partial charge on any atom is 0.0359 e. The van der Waals surface area contributed by atoms with Crippen molar-refractivity contribution in [3.8, 4) is 0 Å². The van der Waals surface area contributed by atoms with Crippen molar-refractivity contribution < 1.29 is 0 Å². The summed E-state index contributed by atoms with van der Waals surface area (Å²) in [6.07, 6.45) is 2.63. The molecule has 0 saturated carbocycles. The van der Waals surface area contributed by atoms with E-state index >= 15 is 0 Å². The minimum Gasteiger partial charge on any atom is -0.398 e. The highest BCUT2D eigenvalue weighted by atomic mass is 15.2. The van der Waals surface area contributed by atoms with E-state index in [0.29, 0.717) is 6.04 Å². The molecule has 16 heavy (non-hydrogen) atoms. The molecule has 2 heteroatoms. The molecule has 0 radical (unpaired) electrons. The van der Waals surface area contributed by atoms with Gasteiger partial charge in [-0.25, -0.2) is 0 Å². The van der Waals surface area contributed by atoms with Crippen molar-refractivity contribution in [2.24, 2.45) is 5.92 Å². The van der Waals surface area contributed by atoms with Gasteiger partial charge in [0.2, 0.25) is 0 Å². The van der Waals surface area contributed by atoms with E-state index in [1.807, 2.05) is 12.1 Å². The van der Waals surface area contributed by atoms with Gasteiger partial charge in [-0.3, -0.25) is 4.90 Å². The third-order valence-electron chi connectivity index (χ3n) is 3.70. The van der Waals surface area contributed by atoms with Gasteiger partial charge < -0.3 is 5.73 Å². The van der Waals surface area contributed by atoms with Gasteiger partial charge in [-0.1, -0.05) is 25.1 Å². The van der Waals surface area contributed by atoms with E-state index in [4.69, 9.17) is 5.73 Å². The summed E-state index contributed by atoms with van der Waals surface area (Å²) in [5.74, 6) is 0.874. The third-order valence-corrected chi connectivity index (χ3v) is 3.70. The van der Waals surface area contributed by atoms with Gasteiger partial charge >= 0.3 is 0 Å². The minimum absolute atomic E-state index is 0.684. The fraction of sp³-hybridized carbons (Fsp3) is 0.571. The Labute approximate surface area is 98.4 Å². The largest absolute Gasteiger partial charge is 0.398 e. The molecule has 2 rings (SSSR count). The standard InChI is InChI=1S/C14H22N2/c1-11-7-8-16(12(2)9-11)10-13-5-3-4-6-14(13)15/h3-6,11-12H,7-10,15H2,1-2H3. The number of piperidine rings is 1. The molecule has 1 aliphatic rings. The number of hydrogen-bond donors (Lipinski definition) is 1. The van der Waals surface area contributed by atoms with Crippen LogP contribution >= 0.6 is 0 Å². The molecule has 0 aromatic heterocycles. The van der Waals surface area contributed by atoms with Crippen LogP contribution in [-0.2, 0) is 6.54 Å². The van der Waals surface area contributed by atoms with Gasteiger partial charge in [-0.15, -0.1) is 0 Å². The van der Waals surface area contributed by atoms with Crippen molar-refractivity contribution in [3.05, 3.63) is 29.8 Å². The van der Waals surface area contributed by atoms with Crippen LogP contribution in [0.2, 0.25) is 0 Å². The number of hydrogen-bond acceptors (Lipinski definition) is 2. The molecule has 1 aromatic rings. The van der Waals surface area contributed by atoms with Gasteiger partial charge in [0.05, 0.1) is 0 Å². The van der Waals surface area contributed by atoms with E-state index in [0.717, 1.165) is 18.2 Å². The summed E-state index contributed by atoms with van der Waals surface area (Å²) in [4.78, 5) is 2.55. The summed E-state index contributed by atoms with van der Waals surface area (Å²) >= 11 is 0. The molecule has 88 valence electrons. The highest BCUT2D eigenvalue weighted by Gasteiger charge is 2.22. The van der Waals surface area contributed by atoms with Crippen LogP contribution in [0.25, 0.3) is 0 Å². The van der Waals surface area contributed by atoms with Crippen molar-refractivity contribution in [2.45, 2.75) is 39.3 Å². The second kappa shape index (κ2) is 4.88. The second-order valence-electron chi connectivity index (χ2n) is 5.15. The Hall–Kier alpha value is -1.02. The molecule has 0 bridgehead atoms. The molecule has 1 heterocycles. The lowest BCUT2D eigenvalue weighted by atomic mass is 9.93. The van der Waals surface area contributed by atoms with Gasteiger partial charge in [-0.05, 0) is 43.9 Å². The average molecular weight is 218 g/mol. The minimum atomic E-state index is 0.684. The Kier molecular flexibility index (Phi) is 3.49. The zero-order valence-corrected chi connectivity index (χ0v) is 10.3. The lowest BCUT2D eigenvalue weighted by molar-refractivity contribution is 0.122. The van der Waals surface area contributed by atoms with Crippen LogP contribution < -0.4 is 5.73 Å². The molecule has 2 atom stereocenters. The molecular weight excluding hydrogens is 196 g/mol. The van der Waals surface area contributed by atoms with Gasteiger partial charge in [0.15, 0.2) is 0 Å². The molecule has 0 spiro atoms. The van der Waals surface area contributed by atoms with Crippen LogP contribution in [0.5, 0.6) is 0 Å². The molecular formula is C14H22N2. The van der Waals surface area contributed by atoms with Crippen molar-refractivity contribution in [3.63, 3.8) is 0 Å². The van der Waals surface area contributed by atoms with Crippen molar-refractivity contribution in [2.75, 3.05) is 12.3 Å². The van der Waals surface area contributed by atoms with Crippen LogP contribution in [0.15, 0.2) is 24.3 Å². The van der Waals surface area contributed by atoms with Gasteiger partial charge in [-0.2, -0.15) is 0 Å². The summed E-state index contributed by atoms with van der Waals surface area (Å²) in [6, 6.07) is 8.89. The monoisotopic (exact) mass is 218 g/mol. The van der Waals surface area contributed by atoms with Crippen LogP contribution in [-0.4, -0.2) is 17.5 Å². The summed E-state index contributed by atoms with van der Waals surface area (Å²) in [6.45, 7) is 6.89. The number of nitrogens with two attached hydrogens (primary N) is 1. The van der Waals surface area contributed by atoms with Gasteiger partial charge in [0.25, 0.3) is 0 Å². The SMILES string of the molecule is CC1CCN(Cc2ccccc2N)C(C)C1. The van der Waals surface area contributed by atoms with Crippen LogP contribution in [0.1, 0.15) is 32.3 Å². The number of nitrogens with zero attached hydrogens (tertiary/aromatic N) is 1. The molecule has 0 amide bonds. The quantitative estimate of drug-likeness (QED) is 0.773. The van der Waals surface area contributed by atoms with E-state index in [-0.39, 0.29) is 0 Å². The van der Waals surface area contributed by atoms with E-state index < -0.39 is 0 Å². The highest BCUT2D eigenvalue weighted by Crippen LogP contribution is 2.24. The maximum absolute atomic E-state index is 5.98. The summed E-state index contributed by atoms with van der Waals surface area (Å²) in [5, 5.41) is 0. The molecule has 2 nitrogen and oxygen atoms in total. The Balaban J connectivity index is 2.02. The topological polar surface area (TPSA) is 29.3 Å². The first-order valence-corrected chi connectivity index (χ1v) is 6.24. The summed E-state index contributed by atoms with van der Waals surface area (Å²) < 4.78 is 0. The molecule has 1 saturated heterocycles. The first-order chi connectivity index (χ1) is 7.66. The highest BCUT2D eigenvalue weighted by molar-refractivity contribution is 5.46. The van der Waals surface area contributed by atoms with Crippen LogP contribution in [0, 0.1) is 5.92 Å². The normalized spacial score (nSPS) is 26.9. The van der Waals surface area contributed by atoms with Crippen LogP contribution in [0.4, 0.5) is 5.69 Å². The Morgan fingerprint density at radius 1 is 1.31 bits per heavy atom. The Morgan fingerprint density at radius 2 is 2.06 bits per heavy atom. The Bertz CT molecular complexity index is 348. The fourth-order valence-electron chi connectivity index (χ4n) is 2.59. The van der Waals surface area contributed by atoms with Crippen LogP contribution in [0.3, 0.4) is 0 Å². The van der Waals surface area contributed by atoms with E-state index in [9.17, 15) is 0 Å². The lowest BCUT2D eigenvalue weighted by Crippen LogP contribution is -2.39. The van der Waals surface area contributed by atoms with Gasteiger partial charge in [0.1, 0.15) is 0 Å². The average Bonchev–Trinajstić information content (AvgIpc) is 2.25. The first kappa shape index (κ1) is 11.5. The van der Waals surface area contributed by atoms with E-state index in [1.165, 1.54) is 24.9 Å². The number of para-hydroxylation sites is 1. The molecule has 1 aliphatic heterocycles. The van der Waals surface area contributed by atoms with E-state index in [2.05, 4.69) is 30.9 Å². The third kappa shape index (κ3) is 2.56.